The monoisotopic (exact) mass is 391 g/mol. The van der Waals surface area contributed by atoms with Crippen LogP contribution >= 0.6 is 23.1 Å². The van der Waals surface area contributed by atoms with Crippen LogP contribution < -0.4 is 16.0 Å². The fourth-order valence-corrected chi connectivity index (χ4v) is 3.71. The summed E-state index contributed by atoms with van der Waals surface area (Å²) in [4.78, 5) is 24.2. The number of aromatic nitrogens is 2. The lowest BCUT2D eigenvalue weighted by Gasteiger charge is -2.07. The van der Waals surface area contributed by atoms with E-state index in [0.29, 0.717) is 17.3 Å². The molecule has 2 amide bonds. The van der Waals surface area contributed by atoms with Gasteiger partial charge < -0.3 is 16.0 Å². The molecule has 1 aromatic heterocycles. The third kappa shape index (κ3) is 5.70. The van der Waals surface area contributed by atoms with Crippen molar-refractivity contribution < 1.29 is 9.59 Å². The number of carbonyl (C=O) groups is 2. The first-order valence-corrected chi connectivity index (χ1v) is 10.3. The van der Waals surface area contributed by atoms with Gasteiger partial charge in [0.25, 0.3) is 5.91 Å². The molecule has 1 aliphatic carbocycles. The molecule has 26 heavy (non-hydrogen) atoms. The van der Waals surface area contributed by atoms with E-state index >= 15 is 0 Å². The van der Waals surface area contributed by atoms with Crippen LogP contribution in [0.25, 0.3) is 0 Å². The van der Waals surface area contributed by atoms with Gasteiger partial charge in [-0.05, 0) is 37.5 Å². The van der Waals surface area contributed by atoms with Gasteiger partial charge in [-0.3, -0.25) is 9.59 Å². The fraction of sp³-hybridized carbons (Fsp3) is 0.412. The minimum absolute atomic E-state index is 0.0982. The molecule has 0 radical (unpaired) electrons. The quantitative estimate of drug-likeness (QED) is 0.569. The van der Waals surface area contributed by atoms with Crippen molar-refractivity contribution in [1.29, 1.82) is 0 Å². The van der Waals surface area contributed by atoms with Gasteiger partial charge >= 0.3 is 0 Å². The molecule has 3 rings (SSSR count). The molecule has 0 atom stereocenters. The van der Waals surface area contributed by atoms with E-state index in [1.165, 1.54) is 23.1 Å². The Labute approximate surface area is 160 Å². The third-order valence-electron chi connectivity index (χ3n) is 3.58. The van der Waals surface area contributed by atoms with E-state index < -0.39 is 0 Å². The molecule has 1 heterocycles. The molecule has 1 fully saturated rings. The molecule has 9 heteroatoms. The Balaban J connectivity index is 1.48. The molecule has 0 saturated heterocycles. The van der Waals surface area contributed by atoms with Crippen LogP contribution in [0.4, 0.5) is 10.8 Å². The Morgan fingerprint density at radius 1 is 1.31 bits per heavy atom. The number of benzene rings is 1. The second-order valence-corrected chi connectivity index (χ2v) is 8.17. The number of rotatable bonds is 9. The number of hydrogen-bond acceptors (Lipinski definition) is 7. The zero-order valence-corrected chi connectivity index (χ0v) is 16.1. The van der Waals surface area contributed by atoms with E-state index in [4.69, 9.17) is 0 Å². The Hall–Kier alpha value is -2.13. The molecule has 1 saturated carbocycles. The smallest absolute Gasteiger partial charge is 0.251 e. The number of carbonyl (C=O) groups excluding carboxylic acids is 2. The number of thioether (sulfide) groups is 1. The second-order valence-electron chi connectivity index (χ2n) is 5.97. The van der Waals surface area contributed by atoms with E-state index in [1.54, 1.807) is 24.3 Å². The first kappa shape index (κ1) is 18.7. The Morgan fingerprint density at radius 2 is 2.15 bits per heavy atom. The third-order valence-corrected chi connectivity index (χ3v) is 5.59. The molecule has 138 valence electrons. The van der Waals surface area contributed by atoms with Crippen molar-refractivity contribution in [2.45, 2.75) is 36.6 Å². The minimum Gasteiger partial charge on any atom is -0.360 e. The molecule has 7 nitrogen and oxygen atoms in total. The largest absolute Gasteiger partial charge is 0.360 e. The summed E-state index contributed by atoms with van der Waals surface area (Å²) in [7, 11) is 0. The molecule has 1 aliphatic rings. The van der Waals surface area contributed by atoms with Crippen LogP contribution in [0, 0.1) is 0 Å². The molecule has 0 aliphatic heterocycles. The van der Waals surface area contributed by atoms with Crippen molar-refractivity contribution >= 4 is 45.7 Å². The number of nitrogens with one attached hydrogen (secondary N) is 3. The van der Waals surface area contributed by atoms with Gasteiger partial charge in [0.15, 0.2) is 4.34 Å². The maximum Gasteiger partial charge on any atom is 0.251 e. The van der Waals surface area contributed by atoms with E-state index in [2.05, 4.69) is 33.1 Å². The van der Waals surface area contributed by atoms with E-state index in [0.717, 1.165) is 35.3 Å². The van der Waals surface area contributed by atoms with Gasteiger partial charge in [-0.15, -0.1) is 10.2 Å². The maximum atomic E-state index is 12.1. The van der Waals surface area contributed by atoms with Gasteiger partial charge in [-0.25, -0.2) is 0 Å². The predicted octanol–water partition coefficient (Wildman–Crippen LogP) is 2.98. The Bertz CT molecular complexity index is 776. The molecular formula is C17H21N5O2S2. The molecular weight excluding hydrogens is 370 g/mol. The lowest BCUT2D eigenvalue weighted by Crippen LogP contribution is -2.25. The number of anilines is 2. The van der Waals surface area contributed by atoms with Crippen molar-refractivity contribution in [3.63, 3.8) is 0 Å². The summed E-state index contributed by atoms with van der Waals surface area (Å²) in [5.41, 5.74) is 1.17. The standard InChI is InChI=1S/C17H21N5O2S2/c1-2-8-18-16-21-22-17(26-16)25-10-14(23)19-13-5-3-4-11(9-13)15(24)20-12-6-7-12/h3-5,9,12H,2,6-8,10H2,1H3,(H,18,21)(H,19,23)(H,20,24). The second kappa shape index (κ2) is 9.00. The van der Waals surface area contributed by atoms with Crippen molar-refractivity contribution in [2.75, 3.05) is 22.9 Å². The predicted molar refractivity (Wildman–Crippen MR) is 105 cm³/mol. The highest BCUT2D eigenvalue weighted by atomic mass is 32.2. The lowest BCUT2D eigenvalue weighted by atomic mass is 10.2. The zero-order valence-electron chi connectivity index (χ0n) is 14.4. The summed E-state index contributed by atoms with van der Waals surface area (Å²) in [5, 5.41) is 17.8. The van der Waals surface area contributed by atoms with Crippen molar-refractivity contribution in [3.05, 3.63) is 29.8 Å². The van der Waals surface area contributed by atoms with Gasteiger partial charge in [0, 0.05) is 23.8 Å². The highest BCUT2D eigenvalue weighted by molar-refractivity contribution is 8.01. The van der Waals surface area contributed by atoms with E-state index in [1.807, 2.05) is 0 Å². The maximum absolute atomic E-state index is 12.1. The Morgan fingerprint density at radius 3 is 2.92 bits per heavy atom. The summed E-state index contributed by atoms with van der Waals surface area (Å²) in [6.07, 6.45) is 3.10. The average molecular weight is 392 g/mol. The van der Waals surface area contributed by atoms with E-state index in [9.17, 15) is 9.59 Å². The van der Waals surface area contributed by atoms with Crippen LogP contribution in [0.2, 0.25) is 0 Å². The minimum atomic E-state index is -0.145. The lowest BCUT2D eigenvalue weighted by molar-refractivity contribution is -0.113. The summed E-state index contributed by atoms with van der Waals surface area (Å²) < 4.78 is 0.747. The van der Waals surface area contributed by atoms with Crippen molar-refractivity contribution in [3.8, 4) is 0 Å². The Kier molecular flexibility index (Phi) is 6.45. The van der Waals surface area contributed by atoms with Crippen LogP contribution in [-0.2, 0) is 4.79 Å². The molecule has 3 N–H and O–H groups in total. The van der Waals surface area contributed by atoms with Crippen LogP contribution in [0.15, 0.2) is 28.6 Å². The van der Waals surface area contributed by atoms with E-state index in [-0.39, 0.29) is 17.6 Å². The molecule has 0 unspecified atom stereocenters. The highest BCUT2D eigenvalue weighted by Crippen LogP contribution is 2.25. The number of nitrogens with zero attached hydrogens (tertiary/aromatic N) is 2. The average Bonchev–Trinajstić information content (AvgIpc) is 3.33. The summed E-state index contributed by atoms with van der Waals surface area (Å²) >= 11 is 2.78. The van der Waals surface area contributed by atoms with Gasteiger partial charge in [-0.2, -0.15) is 0 Å². The van der Waals surface area contributed by atoms with Crippen LogP contribution in [-0.4, -0.2) is 40.4 Å². The van der Waals surface area contributed by atoms with Crippen LogP contribution in [0.5, 0.6) is 0 Å². The topological polar surface area (TPSA) is 96.0 Å². The summed E-state index contributed by atoms with van der Waals surface area (Å²) in [6.45, 7) is 2.93. The zero-order chi connectivity index (χ0) is 18.4. The molecule has 0 bridgehead atoms. The van der Waals surface area contributed by atoms with Crippen molar-refractivity contribution in [2.24, 2.45) is 0 Å². The normalized spacial score (nSPS) is 13.3. The van der Waals surface area contributed by atoms with Gasteiger partial charge in [0.1, 0.15) is 0 Å². The summed E-state index contributed by atoms with van der Waals surface area (Å²) in [6, 6.07) is 7.28. The summed E-state index contributed by atoms with van der Waals surface area (Å²) in [5.74, 6) is -0.00654. The van der Waals surface area contributed by atoms with Crippen LogP contribution in [0.1, 0.15) is 36.5 Å². The SMILES string of the molecule is CCCNc1nnc(SCC(=O)Nc2cccc(C(=O)NC3CC3)c2)s1. The number of amides is 2. The fourth-order valence-electron chi connectivity index (χ4n) is 2.13. The highest BCUT2D eigenvalue weighted by Gasteiger charge is 2.23. The molecule has 2 aromatic rings. The first-order valence-electron chi connectivity index (χ1n) is 8.55. The van der Waals surface area contributed by atoms with Gasteiger partial charge in [0.05, 0.1) is 5.75 Å². The number of hydrogen-bond donors (Lipinski definition) is 3. The molecule has 0 spiro atoms. The van der Waals surface area contributed by atoms with Gasteiger partial charge in [0.2, 0.25) is 11.0 Å². The van der Waals surface area contributed by atoms with Crippen molar-refractivity contribution in [1.82, 2.24) is 15.5 Å². The molecule has 1 aromatic carbocycles. The van der Waals surface area contributed by atoms with Gasteiger partial charge in [-0.1, -0.05) is 36.1 Å². The van der Waals surface area contributed by atoms with Crippen LogP contribution in [0.3, 0.4) is 0 Å². The first-order chi connectivity index (χ1) is 12.6.